The van der Waals surface area contributed by atoms with E-state index >= 15 is 0 Å². The Bertz CT molecular complexity index is 693. The summed E-state index contributed by atoms with van der Waals surface area (Å²) in [6, 6.07) is 4.35. The van der Waals surface area contributed by atoms with Gasteiger partial charge in [-0.1, -0.05) is 6.92 Å². The molecule has 24 heavy (non-hydrogen) atoms. The molecule has 1 aliphatic carbocycles. The van der Waals surface area contributed by atoms with Gasteiger partial charge in [-0.2, -0.15) is 10.5 Å². The van der Waals surface area contributed by atoms with Crippen LogP contribution in [0.5, 0.6) is 0 Å². The van der Waals surface area contributed by atoms with Crippen molar-refractivity contribution in [3.63, 3.8) is 0 Å². The Morgan fingerprint density at radius 2 is 2.08 bits per heavy atom. The van der Waals surface area contributed by atoms with Crippen molar-refractivity contribution in [2.45, 2.75) is 26.2 Å². The molecule has 3 rings (SSSR count). The van der Waals surface area contributed by atoms with E-state index in [4.69, 9.17) is 10.5 Å². The summed E-state index contributed by atoms with van der Waals surface area (Å²) in [5.74, 6) is 0.300. The summed E-state index contributed by atoms with van der Waals surface area (Å²) in [6.45, 7) is 4.27. The summed E-state index contributed by atoms with van der Waals surface area (Å²) in [6.07, 6.45) is 1.83. The summed E-state index contributed by atoms with van der Waals surface area (Å²) in [7, 11) is 0. The normalized spacial score (nSPS) is 33.9. The van der Waals surface area contributed by atoms with Gasteiger partial charge in [-0.05, 0) is 18.8 Å². The number of ether oxygens (including phenoxy) is 1. The van der Waals surface area contributed by atoms with Gasteiger partial charge in [-0.15, -0.1) is 0 Å². The Morgan fingerprint density at radius 3 is 2.71 bits per heavy atom. The fraction of sp³-hybridized carbons (Fsp3) is 0.647. The van der Waals surface area contributed by atoms with Gasteiger partial charge in [0.2, 0.25) is 0 Å². The lowest BCUT2D eigenvalue weighted by atomic mass is 9.63. The summed E-state index contributed by atoms with van der Waals surface area (Å²) in [5.41, 5.74) is 4.74. The first kappa shape index (κ1) is 16.5. The summed E-state index contributed by atoms with van der Waals surface area (Å²) < 4.78 is 5.37. The van der Waals surface area contributed by atoms with E-state index in [-0.39, 0.29) is 17.2 Å². The van der Waals surface area contributed by atoms with Crippen LogP contribution in [0.2, 0.25) is 0 Å². The van der Waals surface area contributed by atoms with Gasteiger partial charge >= 0.3 is 0 Å². The van der Waals surface area contributed by atoms with Crippen molar-refractivity contribution in [2.24, 2.45) is 28.0 Å². The van der Waals surface area contributed by atoms with E-state index in [9.17, 15) is 15.3 Å². The highest BCUT2D eigenvalue weighted by molar-refractivity contribution is 6.03. The maximum Gasteiger partial charge on any atom is 0.163 e. The molecular formula is C17H21N5O2. The molecule has 2 N–H and O–H groups in total. The zero-order valence-corrected chi connectivity index (χ0v) is 13.8. The van der Waals surface area contributed by atoms with Gasteiger partial charge in [0.05, 0.1) is 19.3 Å². The predicted octanol–water partition coefficient (Wildman–Crippen LogP) is 0.940. The quantitative estimate of drug-likeness (QED) is 0.766. The molecular weight excluding hydrogens is 306 g/mol. The van der Waals surface area contributed by atoms with Crippen LogP contribution in [-0.2, 0) is 9.53 Å². The number of carbonyl (C=O) groups is 1. The molecule has 3 atom stereocenters. The Balaban J connectivity index is 2.09. The van der Waals surface area contributed by atoms with E-state index < -0.39 is 11.3 Å². The van der Waals surface area contributed by atoms with Gasteiger partial charge in [0.15, 0.2) is 5.41 Å². The van der Waals surface area contributed by atoms with Gasteiger partial charge < -0.3 is 15.4 Å². The van der Waals surface area contributed by atoms with E-state index in [0.29, 0.717) is 50.9 Å². The first-order chi connectivity index (χ1) is 11.5. The van der Waals surface area contributed by atoms with Crippen molar-refractivity contribution in [1.82, 2.24) is 4.90 Å². The number of Topliss-reactive ketones (excluding diaryl/α,β-unsaturated/α-hetero) is 1. The molecule has 0 spiro atoms. The Labute approximate surface area is 141 Å². The molecule has 2 fully saturated rings. The van der Waals surface area contributed by atoms with Gasteiger partial charge in [0, 0.05) is 25.4 Å². The number of nitriles is 2. The van der Waals surface area contributed by atoms with Crippen LogP contribution >= 0.6 is 0 Å². The van der Waals surface area contributed by atoms with Gasteiger partial charge in [0.25, 0.3) is 0 Å². The van der Waals surface area contributed by atoms with Crippen LogP contribution in [0.3, 0.4) is 0 Å². The number of amidine groups is 1. The van der Waals surface area contributed by atoms with Crippen molar-refractivity contribution in [3.05, 3.63) is 11.4 Å². The number of morpholine rings is 1. The van der Waals surface area contributed by atoms with Crippen molar-refractivity contribution in [2.75, 3.05) is 26.3 Å². The molecule has 7 heteroatoms. The second kappa shape index (κ2) is 6.26. The molecule has 0 aromatic carbocycles. The molecule has 0 amide bonds. The minimum absolute atomic E-state index is 0.0260. The van der Waals surface area contributed by atoms with Crippen LogP contribution in [-0.4, -0.2) is 42.8 Å². The lowest BCUT2D eigenvalue weighted by Crippen LogP contribution is -2.53. The van der Waals surface area contributed by atoms with Gasteiger partial charge in [-0.3, -0.25) is 4.79 Å². The minimum atomic E-state index is -1.36. The molecule has 2 aliphatic heterocycles. The average molecular weight is 327 g/mol. The number of ketones is 1. The zero-order chi connectivity index (χ0) is 17.3. The average Bonchev–Trinajstić information content (AvgIpc) is 2.90. The molecule has 3 aliphatic rings. The van der Waals surface area contributed by atoms with Crippen molar-refractivity contribution in [3.8, 4) is 12.1 Å². The van der Waals surface area contributed by atoms with Crippen LogP contribution in [0, 0.1) is 39.9 Å². The monoisotopic (exact) mass is 327 g/mol. The van der Waals surface area contributed by atoms with E-state index in [0.717, 1.165) is 6.42 Å². The van der Waals surface area contributed by atoms with Crippen molar-refractivity contribution < 1.29 is 9.53 Å². The van der Waals surface area contributed by atoms with Crippen LogP contribution in [0.15, 0.2) is 16.4 Å². The van der Waals surface area contributed by atoms with E-state index in [1.807, 2.05) is 4.90 Å². The third-order valence-electron chi connectivity index (χ3n) is 5.26. The number of rotatable bonds is 1. The largest absolute Gasteiger partial charge is 0.383 e. The Hall–Kier alpha value is -2.38. The van der Waals surface area contributed by atoms with Gasteiger partial charge in [-0.25, -0.2) is 4.99 Å². The van der Waals surface area contributed by atoms with Crippen molar-refractivity contribution in [1.29, 1.82) is 10.5 Å². The summed E-state index contributed by atoms with van der Waals surface area (Å²) in [5, 5.41) is 19.7. The first-order valence-corrected chi connectivity index (χ1v) is 8.30. The highest BCUT2D eigenvalue weighted by atomic mass is 16.5. The van der Waals surface area contributed by atoms with Crippen LogP contribution in [0.1, 0.15) is 26.2 Å². The smallest absolute Gasteiger partial charge is 0.163 e. The maximum atomic E-state index is 12.7. The summed E-state index contributed by atoms with van der Waals surface area (Å²) >= 11 is 0. The minimum Gasteiger partial charge on any atom is -0.383 e. The number of nitrogens with two attached hydrogens (primary N) is 1. The van der Waals surface area contributed by atoms with E-state index in [2.05, 4.69) is 24.1 Å². The number of carbonyl (C=O) groups excluding carboxylic acids is 1. The highest BCUT2D eigenvalue weighted by Gasteiger charge is 2.57. The fourth-order valence-corrected chi connectivity index (χ4v) is 3.96. The van der Waals surface area contributed by atoms with Crippen LogP contribution < -0.4 is 5.73 Å². The number of aliphatic imine (C=N–C) groups is 1. The second-order valence-electron chi connectivity index (χ2n) is 6.73. The SMILES string of the molecule is CC1CCC(=O)C(C2(C#N)C(N3CCOCC3)=NC(N)=C2C#N)C1. The molecule has 1 saturated heterocycles. The van der Waals surface area contributed by atoms with Crippen LogP contribution in [0.25, 0.3) is 0 Å². The summed E-state index contributed by atoms with van der Waals surface area (Å²) in [4.78, 5) is 19.0. The maximum absolute atomic E-state index is 12.7. The molecule has 2 heterocycles. The standard InChI is InChI=1S/C17H21N5O2/c1-11-2-3-14(23)12(8-11)17(10-19)13(9-18)15(20)21-16(17)22-4-6-24-7-5-22/h11-12H,2-8,20H2,1H3. The molecule has 0 radical (unpaired) electrons. The molecule has 0 bridgehead atoms. The highest BCUT2D eigenvalue weighted by Crippen LogP contribution is 2.48. The first-order valence-electron chi connectivity index (χ1n) is 8.30. The second-order valence-corrected chi connectivity index (χ2v) is 6.73. The van der Waals surface area contributed by atoms with E-state index in [1.54, 1.807) is 0 Å². The van der Waals surface area contributed by atoms with Crippen molar-refractivity contribution >= 4 is 11.6 Å². The molecule has 0 aromatic heterocycles. The molecule has 1 saturated carbocycles. The molecule has 0 aromatic rings. The predicted molar refractivity (Wildman–Crippen MR) is 86.2 cm³/mol. The molecule has 7 nitrogen and oxygen atoms in total. The number of nitrogens with zero attached hydrogens (tertiary/aromatic N) is 4. The third kappa shape index (κ3) is 2.37. The van der Waals surface area contributed by atoms with Gasteiger partial charge in [0.1, 0.15) is 29.1 Å². The number of hydrogen-bond donors (Lipinski definition) is 1. The van der Waals surface area contributed by atoms with Crippen LogP contribution in [0.4, 0.5) is 0 Å². The molecule has 126 valence electrons. The topological polar surface area (TPSA) is 116 Å². The zero-order valence-electron chi connectivity index (χ0n) is 13.8. The Kier molecular flexibility index (Phi) is 4.29. The fourth-order valence-electron chi connectivity index (χ4n) is 3.96. The number of hydrogen-bond acceptors (Lipinski definition) is 7. The lowest BCUT2D eigenvalue weighted by molar-refractivity contribution is -0.127. The molecule has 3 unspecified atom stereocenters. The van der Waals surface area contributed by atoms with E-state index in [1.165, 1.54) is 0 Å². The third-order valence-corrected chi connectivity index (χ3v) is 5.26. The lowest BCUT2D eigenvalue weighted by Gasteiger charge is -2.41. The Morgan fingerprint density at radius 1 is 1.38 bits per heavy atom.